The first-order chi connectivity index (χ1) is 16.4. The summed E-state index contributed by atoms with van der Waals surface area (Å²) in [6.45, 7) is 15.2. The van der Waals surface area contributed by atoms with E-state index in [1.807, 2.05) is 18.3 Å². The second-order valence-corrected chi connectivity index (χ2v) is 10.8. The number of ether oxygens (including phenoxy) is 2. The van der Waals surface area contributed by atoms with E-state index >= 15 is 0 Å². The summed E-state index contributed by atoms with van der Waals surface area (Å²) in [5, 5.41) is 3.74. The Balaban J connectivity index is 1.85. The Labute approximate surface area is 207 Å². The highest BCUT2D eigenvalue weighted by molar-refractivity contribution is 5.80. The van der Waals surface area contributed by atoms with E-state index < -0.39 is 11.9 Å². The molecule has 0 bridgehead atoms. The van der Waals surface area contributed by atoms with Crippen molar-refractivity contribution in [3.63, 3.8) is 0 Å². The Morgan fingerprint density at radius 3 is 2.29 bits per heavy atom. The van der Waals surface area contributed by atoms with E-state index in [-0.39, 0.29) is 23.8 Å². The highest BCUT2D eigenvalue weighted by Crippen LogP contribution is 2.35. The summed E-state index contributed by atoms with van der Waals surface area (Å²) in [6.07, 6.45) is 2.99. The molecule has 1 aromatic carbocycles. The van der Waals surface area contributed by atoms with Crippen LogP contribution in [-0.2, 0) is 14.3 Å². The van der Waals surface area contributed by atoms with Crippen LogP contribution in [0, 0.1) is 12.3 Å². The van der Waals surface area contributed by atoms with Crippen LogP contribution in [0.1, 0.15) is 66.4 Å². The molecule has 0 unspecified atom stereocenters. The van der Waals surface area contributed by atoms with Crippen LogP contribution < -0.4 is 10.1 Å². The number of carbonyl (C=O) groups is 2. The van der Waals surface area contributed by atoms with Gasteiger partial charge in [-0.2, -0.15) is 0 Å². The summed E-state index contributed by atoms with van der Waals surface area (Å²) >= 11 is 0. The first-order valence-electron chi connectivity index (χ1n) is 12.1. The van der Waals surface area contributed by atoms with Gasteiger partial charge in [0.05, 0.1) is 19.4 Å². The summed E-state index contributed by atoms with van der Waals surface area (Å²) < 4.78 is 12.3. The van der Waals surface area contributed by atoms with Crippen molar-refractivity contribution >= 4 is 23.4 Å². The molecule has 0 aliphatic carbocycles. The number of rotatable bonds is 9. The zero-order chi connectivity index (χ0) is 25.8. The van der Waals surface area contributed by atoms with Crippen molar-refractivity contribution < 1.29 is 19.1 Å². The minimum absolute atomic E-state index is 0.00476. The van der Waals surface area contributed by atoms with Crippen LogP contribution in [0.3, 0.4) is 0 Å². The fourth-order valence-electron chi connectivity index (χ4n) is 4.46. The van der Waals surface area contributed by atoms with Crippen molar-refractivity contribution in [1.29, 1.82) is 0 Å². The third-order valence-corrected chi connectivity index (χ3v) is 5.41. The Kier molecular flexibility index (Phi) is 7.88. The van der Waals surface area contributed by atoms with Crippen molar-refractivity contribution in [3.05, 3.63) is 48.2 Å². The third-order valence-electron chi connectivity index (χ3n) is 5.41. The van der Waals surface area contributed by atoms with Gasteiger partial charge in [-0.05, 0) is 81.5 Å². The van der Waals surface area contributed by atoms with Crippen LogP contribution in [0.4, 0.5) is 5.82 Å². The maximum absolute atomic E-state index is 12.1. The van der Waals surface area contributed by atoms with Gasteiger partial charge < -0.3 is 14.8 Å². The predicted molar refractivity (Wildman–Crippen MR) is 139 cm³/mol. The van der Waals surface area contributed by atoms with Gasteiger partial charge in [-0.1, -0.05) is 20.8 Å². The molecule has 2 heterocycles. The van der Waals surface area contributed by atoms with Crippen LogP contribution in [0.25, 0.3) is 16.9 Å². The van der Waals surface area contributed by atoms with Gasteiger partial charge in [0.1, 0.15) is 22.9 Å². The number of aryl methyl sites for hydroxylation is 1. The first-order valence-corrected chi connectivity index (χ1v) is 12.1. The molecule has 3 rings (SSSR count). The zero-order valence-corrected chi connectivity index (χ0v) is 21.9. The van der Waals surface area contributed by atoms with Gasteiger partial charge in [-0.3, -0.25) is 14.0 Å². The lowest BCUT2D eigenvalue weighted by Crippen LogP contribution is -2.36. The minimum Gasteiger partial charge on any atom is -0.466 e. The molecule has 2 aromatic heterocycles. The van der Waals surface area contributed by atoms with Crippen molar-refractivity contribution in [1.82, 2.24) is 9.38 Å². The highest BCUT2D eigenvalue weighted by atomic mass is 16.5. The zero-order valence-electron chi connectivity index (χ0n) is 21.9. The van der Waals surface area contributed by atoms with Crippen molar-refractivity contribution in [3.8, 4) is 17.0 Å². The van der Waals surface area contributed by atoms with Gasteiger partial charge >= 0.3 is 11.9 Å². The van der Waals surface area contributed by atoms with Crippen molar-refractivity contribution in [2.75, 3.05) is 11.9 Å². The normalized spacial score (nSPS) is 12.0. The lowest BCUT2D eigenvalue weighted by Gasteiger charge is -2.34. The topological polar surface area (TPSA) is 81.9 Å². The Hall–Kier alpha value is -3.35. The molecule has 0 aliphatic heterocycles. The second-order valence-electron chi connectivity index (χ2n) is 10.8. The molecule has 0 spiro atoms. The number of hydrogen-bond donors (Lipinski definition) is 1. The monoisotopic (exact) mass is 479 g/mol. The van der Waals surface area contributed by atoms with Crippen LogP contribution >= 0.6 is 0 Å². The minimum atomic E-state index is -0.472. The van der Waals surface area contributed by atoms with Gasteiger partial charge in [0.15, 0.2) is 0 Å². The smallest absolute Gasteiger partial charge is 0.311 e. The number of fused-ring (bicyclic) bond motifs is 1. The number of imidazole rings is 1. The standard InChI is InChI=1S/C28H37N3O4/c1-8-34-23(32)13-14-24(33)35-21-11-9-20(10-12-21)25-26(30-28(6,7)18-27(3,4)5)31-16-15-19(2)17-22(31)29-25/h9-12,15-17,30H,8,13-14,18H2,1-7H3. The van der Waals surface area contributed by atoms with E-state index in [4.69, 9.17) is 14.5 Å². The molecular formula is C28H37N3O4. The molecule has 0 fully saturated rings. The lowest BCUT2D eigenvalue weighted by atomic mass is 9.82. The maximum Gasteiger partial charge on any atom is 0.311 e. The van der Waals surface area contributed by atoms with Crippen molar-refractivity contribution in [2.24, 2.45) is 5.41 Å². The number of nitrogens with one attached hydrogen (secondary N) is 1. The Bertz CT molecular complexity index is 1190. The molecule has 0 saturated heterocycles. The molecule has 188 valence electrons. The van der Waals surface area contributed by atoms with Crippen LogP contribution in [0.5, 0.6) is 5.75 Å². The van der Waals surface area contributed by atoms with Gasteiger partial charge in [-0.15, -0.1) is 0 Å². The number of anilines is 1. The maximum atomic E-state index is 12.1. The molecule has 3 aromatic rings. The number of carbonyl (C=O) groups excluding carboxylic acids is 2. The second kappa shape index (κ2) is 10.5. The average molecular weight is 480 g/mol. The van der Waals surface area contributed by atoms with Gasteiger partial charge in [-0.25, -0.2) is 4.98 Å². The fraction of sp³-hybridized carbons (Fsp3) is 0.464. The van der Waals surface area contributed by atoms with Crippen LogP contribution in [0.15, 0.2) is 42.6 Å². The van der Waals surface area contributed by atoms with Crippen LogP contribution in [0.2, 0.25) is 0 Å². The quantitative estimate of drug-likeness (QED) is 0.291. The SMILES string of the molecule is CCOC(=O)CCC(=O)Oc1ccc(-c2nc3cc(C)ccn3c2NC(C)(C)CC(C)(C)C)cc1. The number of hydrogen-bond acceptors (Lipinski definition) is 6. The molecule has 0 amide bonds. The Morgan fingerprint density at radius 2 is 1.66 bits per heavy atom. The number of esters is 2. The van der Waals surface area contributed by atoms with Crippen molar-refractivity contribution in [2.45, 2.75) is 73.3 Å². The van der Waals surface area contributed by atoms with E-state index in [2.05, 4.69) is 63.4 Å². The lowest BCUT2D eigenvalue weighted by molar-refractivity contribution is -0.146. The number of aromatic nitrogens is 2. The first kappa shape index (κ1) is 26.3. The van der Waals surface area contributed by atoms with Gasteiger partial charge in [0.25, 0.3) is 0 Å². The van der Waals surface area contributed by atoms with E-state index in [0.29, 0.717) is 12.4 Å². The van der Waals surface area contributed by atoms with Gasteiger partial charge in [0.2, 0.25) is 0 Å². The van der Waals surface area contributed by atoms with Crippen LogP contribution in [-0.4, -0.2) is 33.5 Å². The number of nitrogens with zero attached hydrogens (tertiary/aromatic N) is 2. The van der Waals surface area contributed by atoms with E-state index in [0.717, 1.165) is 34.7 Å². The number of pyridine rings is 1. The highest BCUT2D eigenvalue weighted by Gasteiger charge is 2.28. The average Bonchev–Trinajstić information content (AvgIpc) is 3.08. The molecule has 0 aliphatic rings. The molecular weight excluding hydrogens is 442 g/mol. The Morgan fingerprint density at radius 1 is 1.00 bits per heavy atom. The number of benzene rings is 1. The fourth-order valence-corrected chi connectivity index (χ4v) is 4.46. The molecule has 1 N–H and O–H groups in total. The molecule has 0 saturated carbocycles. The van der Waals surface area contributed by atoms with E-state index in [1.54, 1.807) is 19.1 Å². The molecule has 7 heteroatoms. The third kappa shape index (κ3) is 7.31. The molecule has 7 nitrogen and oxygen atoms in total. The van der Waals surface area contributed by atoms with E-state index in [1.165, 1.54) is 0 Å². The summed E-state index contributed by atoms with van der Waals surface area (Å²) in [4.78, 5) is 28.5. The molecule has 0 radical (unpaired) electrons. The van der Waals surface area contributed by atoms with Gasteiger partial charge in [0, 0.05) is 17.3 Å². The summed E-state index contributed by atoms with van der Waals surface area (Å²) in [5.41, 5.74) is 3.74. The largest absolute Gasteiger partial charge is 0.466 e. The summed E-state index contributed by atoms with van der Waals surface area (Å²) in [5.74, 6) is 0.467. The summed E-state index contributed by atoms with van der Waals surface area (Å²) in [6, 6.07) is 11.4. The molecule has 0 atom stereocenters. The predicted octanol–water partition coefficient (Wildman–Crippen LogP) is 6.19. The molecule has 35 heavy (non-hydrogen) atoms. The summed E-state index contributed by atoms with van der Waals surface area (Å²) in [7, 11) is 0. The van der Waals surface area contributed by atoms with E-state index in [9.17, 15) is 9.59 Å².